The average molecular weight is 360 g/mol. The Balaban J connectivity index is 1.81. The maximum atomic E-state index is 13.1. The van der Waals surface area contributed by atoms with Gasteiger partial charge in [0.15, 0.2) is 0 Å². The molecule has 0 spiro atoms. The first-order valence-electron chi connectivity index (χ1n) is 8.14. The number of nitrogens with zero attached hydrogens (tertiary/aromatic N) is 2. The summed E-state index contributed by atoms with van der Waals surface area (Å²) in [5, 5.41) is 1.98. The number of benzene rings is 2. The van der Waals surface area contributed by atoms with Crippen molar-refractivity contribution in [3.05, 3.63) is 88.2 Å². The van der Waals surface area contributed by atoms with Crippen molar-refractivity contribution in [2.45, 2.75) is 0 Å². The molecule has 4 rings (SSSR count). The highest BCUT2D eigenvalue weighted by molar-refractivity contribution is 7.10. The SMILES string of the molecule is COc1ccc(C2=NC(=Cc3cccs3)C(=O)N2c2ccccc2)cc1. The number of thiophene rings is 1. The van der Waals surface area contributed by atoms with E-state index in [4.69, 9.17) is 4.74 Å². The van der Waals surface area contributed by atoms with Gasteiger partial charge in [0.25, 0.3) is 5.91 Å². The minimum Gasteiger partial charge on any atom is -0.497 e. The number of anilines is 1. The standard InChI is InChI=1S/C21H16N2O2S/c1-25-17-11-9-15(10-12-17)20-22-19(14-18-8-5-13-26-18)21(24)23(20)16-6-3-2-4-7-16/h2-14H,1H3. The molecule has 0 bridgehead atoms. The highest BCUT2D eigenvalue weighted by Crippen LogP contribution is 2.28. The third-order valence-electron chi connectivity index (χ3n) is 4.05. The zero-order valence-electron chi connectivity index (χ0n) is 14.1. The molecule has 0 radical (unpaired) electrons. The lowest BCUT2D eigenvalue weighted by Crippen LogP contribution is -2.32. The van der Waals surface area contributed by atoms with Gasteiger partial charge in [0.05, 0.1) is 12.8 Å². The minimum absolute atomic E-state index is 0.129. The molecular formula is C21H16N2O2S. The lowest BCUT2D eigenvalue weighted by Gasteiger charge is -2.18. The van der Waals surface area contributed by atoms with E-state index in [-0.39, 0.29) is 5.91 Å². The molecule has 0 fully saturated rings. The van der Waals surface area contributed by atoms with E-state index in [9.17, 15) is 4.79 Å². The Labute approximate surface area is 155 Å². The summed E-state index contributed by atoms with van der Waals surface area (Å²) in [5.74, 6) is 1.25. The number of para-hydroxylation sites is 1. The molecule has 0 saturated carbocycles. The monoisotopic (exact) mass is 360 g/mol. The van der Waals surface area contributed by atoms with Crippen LogP contribution in [0.2, 0.25) is 0 Å². The molecule has 0 aliphatic carbocycles. The van der Waals surface area contributed by atoms with Crippen LogP contribution in [0, 0.1) is 0 Å². The molecule has 0 N–H and O–H groups in total. The Morgan fingerprint density at radius 1 is 1.00 bits per heavy atom. The van der Waals surface area contributed by atoms with Gasteiger partial charge < -0.3 is 4.74 Å². The quantitative estimate of drug-likeness (QED) is 0.639. The van der Waals surface area contributed by atoms with Gasteiger partial charge in [-0.05, 0) is 53.9 Å². The van der Waals surface area contributed by atoms with Gasteiger partial charge in [-0.15, -0.1) is 11.3 Å². The van der Waals surface area contributed by atoms with Gasteiger partial charge in [-0.2, -0.15) is 0 Å². The highest BCUT2D eigenvalue weighted by atomic mass is 32.1. The molecular weight excluding hydrogens is 344 g/mol. The number of hydrogen-bond donors (Lipinski definition) is 0. The second-order valence-corrected chi connectivity index (χ2v) is 6.66. The molecule has 2 aromatic carbocycles. The van der Waals surface area contributed by atoms with Crippen LogP contribution in [-0.4, -0.2) is 18.9 Å². The molecule has 26 heavy (non-hydrogen) atoms. The second-order valence-electron chi connectivity index (χ2n) is 5.69. The number of carbonyl (C=O) groups is 1. The fourth-order valence-electron chi connectivity index (χ4n) is 2.78. The predicted octanol–water partition coefficient (Wildman–Crippen LogP) is 4.59. The van der Waals surface area contributed by atoms with E-state index < -0.39 is 0 Å². The Morgan fingerprint density at radius 3 is 2.42 bits per heavy atom. The van der Waals surface area contributed by atoms with Gasteiger partial charge in [-0.25, -0.2) is 4.99 Å². The fraction of sp³-hybridized carbons (Fsp3) is 0.0476. The molecule has 1 aliphatic heterocycles. The third kappa shape index (κ3) is 3.05. The van der Waals surface area contributed by atoms with Crippen molar-refractivity contribution in [2.75, 3.05) is 12.0 Å². The maximum Gasteiger partial charge on any atom is 0.282 e. The summed E-state index contributed by atoms with van der Waals surface area (Å²) in [6, 6.07) is 21.1. The minimum atomic E-state index is -0.129. The zero-order chi connectivity index (χ0) is 17.9. The number of amides is 1. The molecule has 5 heteroatoms. The summed E-state index contributed by atoms with van der Waals surface area (Å²) in [4.78, 5) is 20.4. The molecule has 3 aromatic rings. The van der Waals surface area contributed by atoms with E-state index in [1.54, 1.807) is 23.3 Å². The predicted molar refractivity (Wildman–Crippen MR) is 106 cm³/mol. The molecule has 128 valence electrons. The van der Waals surface area contributed by atoms with Crippen LogP contribution in [-0.2, 0) is 4.79 Å². The smallest absolute Gasteiger partial charge is 0.282 e. The molecule has 4 nitrogen and oxygen atoms in total. The summed E-state index contributed by atoms with van der Waals surface area (Å²) < 4.78 is 5.23. The van der Waals surface area contributed by atoms with Crippen molar-refractivity contribution in [1.82, 2.24) is 0 Å². The van der Waals surface area contributed by atoms with Crippen molar-refractivity contribution >= 4 is 34.8 Å². The average Bonchev–Trinajstić information content (AvgIpc) is 3.31. The van der Waals surface area contributed by atoms with Crippen molar-refractivity contribution in [1.29, 1.82) is 0 Å². The van der Waals surface area contributed by atoms with Gasteiger partial charge >= 0.3 is 0 Å². The summed E-state index contributed by atoms with van der Waals surface area (Å²) >= 11 is 1.58. The number of aliphatic imine (C=N–C) groups is 1. The zero-order valence-corrected chi connectivity index (χ0v) is 14.9. The van der Waals surface area contributed by atoms with E-state index >= 15 is 0 Å². The van der Waals surface area contributed by atoms with E-state index in [0.29, 0.717) is 11.5 Å². The molecule has 1 amide bonds. The van der Waals surface area contributed by atoms with Crippen LogP contribution in [0.3, 0.4) is 0 Å². The molecule has 0 saturated heterocycles. The van der Waals surface area contributed by atoms with Crippen molar-refractivity contribution in [2.24, 2.45) is 4.99 Å². The van der Waals surface area contributed by atoms with Crippen molar-refractivity contribution in [3.8, 4) is 5.75 Å². The van der Waals surface area contributed by atoms with E-state index in [0.717, 1.165) is 21.9 Å². The lowest BCUT2D eigenvalue weighted by molar-refractivity contribution is -0.113. The van der Waals surface area contributed by atoms with Gasteiger partial charge in [0.1, 0.15) is 17.3 Å². The van der Waals surface area contributed by atoms with Crippen LogP contribution < -0.4 is 9.64 Å². The van der Waals surface area contributed by atoms with Crippen LogP contribution in [0.5, 0.6) is 5.75 Å². The maximum absolute atomic E-state index is 13.1. The number of carbonyl (C=O) groups excluding carboxylic acids is 1. The molecule has 0 atom stereocenters. The van der Waals surface area contributed by atoms with Crippen LogP contribution in [0.4, 0.5) is 5.69 Å². The number of methoxy groups -OCH3 is 1. The van der Waals surface area contributed by atoms with Gasteiger partial charge in [0.2, 0.25) is 0 Å². The largest absolute Gasteiger partial charge is 0.497 e. The number of hydrogen-bond acceptors (Lipinski definition) is 4. The topological polar surface area (TPSA) is 41.9 Å². The summed E-state index contributed by atoms with van der Waals surface area (Å²) in [6.07, 6.45) is 1.83. The van der Waals surface area contributed by atoms with E-state index in [2.05, 4.69) is 4.99 Å². The first-order chi connectivity index (χ1) is 12.8. The first kappa shape index (κ1) is 16.3. The number of rotatable bonds is 4. The van der Waals surface area contributed by atoms with E-state index in [1.807, 2.05) is 78.2 Å². The fourth-order valence-corrected chi connectivity index (χ4v) is 3.43. The van der Waals surface area contributed by atoms with E-state index in [1.165, 1.54) is 0 Å². The van der Waals surface area contributed by atoms with Gasteiger partial charge in [0, 0.05) is 10.4 Å². The highest BCUT2D eigenvalue weighted by Gasteiger charge is 2.32. The van der Waals surface area contributed by atoms with Gasteiger partial charge in [-0.1, -0.05) is 24.3 Å². The number of amidine groups is 1. The third-order valence-corrected chi connectivity index (χ3v) is 4.86. The molecule has 2 heterocycles. The number of ether oxygens (including phenoxy) is 1. The first-order valence-corrected chi connectivity index (χ1v) is 9.02. The van der Waals surface area contributed by atoms with Crippen LogP contribution in [0.1, 0.15) is 10.4 Å². The summed E-state index contributed by atoms with van der Waals surface area (Å²) in [6.45, 7) is 0. The van der Waals surface area contributed by atoms with Crippen molar-refractivity contribution in [3.63, 3.8) is 0 Å². The molecule has 1 aromatic heterocycles. The summed E-state index contributed by atoms with van der Waals surface area (Å²) in [5.41, 5.74) is 2.08. The van der Waals surface area contributed by atoms with Gasteiger partial charge in [-0.3, -0.25) is 9.69 Å². The Hall–Kier alpha value is -3.18. The second kappa shape index (κ2) is 6.98. The van der Waals surface area contributed by atoms with Crippen LogP contribution in [0.25, 0.3) is 6.08 Å². The molecule has 1 aliphatic rings. The lowest BCUT2D eigenvalue weighted by atomic mass is 10.1. The normalized spacial score (nSPS) is 15.4. The van der Waals surface area contributed by atoms with Crippen LogP contribution >= 0.6 is 11.3 Å². The summed E-state index contributed by atoms with van der Waals surface area (Å²) in [7, 11) is 1.63. The van der Waals surface area contributed by atoms with Crippen LogP contribution in [0.15, 0.2) is 82.8 Å². The Morgan fingerprint density at radius 2 is 1.77 bits per heavy atom. The Kier molecular flexibility index (Phi) is 4.37. The Bertz CT molecular complexity index is 975. The van der Waals surface area contributed by atoms with Crippen molar-refractivity contribution < 1.29 is 9.53 Å². The molecule has 0 unspecified atom stereocenters.